The maximum Gasteiger partial charge on any atom is 0.422 e. The fourth-order valence-electron chi connectivity index (χ4n) is 2.44. The fraction of sp³-hybridized carbons (Fsp3) is 0.500. The third-order valence-corrected chi connectivity index (χ3v) is 5.78. The summed E-state index contributed by atoms with van der Waals surface area (Å²) in [4.78, 5) is 11.3. The molecule has 2 rings (SSSR count). The van der Waals surface area contributed by atoms with Crippen molar-refractivity contribution < 1.29 is 31.1 Å². The lowest BCUT2D eigenvalue weighted by atomic mass is 10.3. The minimum absolute atomic E-state index is 0.0398. The average Bonchev–Trinajstić information content (AvgIpc) is 3.00. The third-order valence-electron chi connectivity index (χ3n) is 3.52. The molecule has 1 aromatic rings. The molecule has 0 aromatic heterocycles. The highest BCUT2D eigenvalue weighted by Gasteiger charge is 2.31. The molecule has 128 valence electrons. The lowest BCUT2D eigenvalue weighted by Gasteiger charge is -2.13. The highest BCUT2D eigenvalue weighted by Crippen LogP contribution is 2.30. The topological polar surface area (TPSA) is 72.5 Å². The normalized spacial score (nSPS) is 16.3. The highest BCUT2D eigenvalue weighted by atomic mass is 32.2. The van der Waals surface area contributed by atoms with E-state index in [1.54, 1.807) is 0 Å². The summed E-state index contributed by atoms with van der Waals surface area (Å²) in [5.41, 5.74) is 0.0660. The van der Waals surface area contributed by atoms with E-state index in [0.717, 1.165) is 12.8 Å². The van der Waals surface area contributed by atoms with Crippen LogP contribution >= 0.6 is 0 Å². The van der Waals surface area contributed by atoms with Crippen LogP contribution in [0.15, 0.2) is 29.2 Å². The van der Waals surface area contributed by atoms with Gasteiger partial charge in [-0.3, -0.25) is 5.32 Å². The minimum Gasteiger partial charge on any atom is -0.440 e. The van der Waals surface area contributed by atoms with Gasteiger partial charge >= 0.3 is 12.3 Å². The molecule has 9 heteroatoms. The predicted molar refractivity (Wildman–Crippen MR) is 76.9 cm³/mol. The Kier molecular flexibility index (Phi) is 5.18. The van der Waals surface area contributed by atoms with E-state index in [4.69, 9.17) is 0 Å². The largest absolute Gasteiger partial charge is 0.440 e. The predicted octanol–water partition coefficient (Wildman–Crippen LogP) is 3.51. The quantitative estimate of drug-likeness (QED) is 0.901. The molecule has 0 unspecified atom stereocenters. The van der Waals surface area contributed by atoms with Crippen LogP contribution in [0.5, 0.6) is 0 Å². The summed E-state index contributed by atoms with van der Waals surface area (Å²) < 4.78 is 64.8. The van der Waals surface area contributed by atoms with Gasteiger partial charge in [0.05, 0.1) is 10.1 Å². The van der Waals surface area contributed by atoms with E-state index in [2.05, 4.69) is 10.1 Å². The third kappa shape index (κ3) is 4.85. The van der Waals surface area contributed by atoms with Gasteiger partial charge in [-0.1, -0.05) is 18.9 Å². The number of hydrogen-bond acceptors (Lipinski definition) is 4. The molecular formula is C14H16F3NO4S. The Labute approximate surface area is 131 Å². The van der Waals surface area contributed by atoms with Gasteiger partial charge in [0.15, 0.2) is 16.4 Å². The smallest absolute Gasteiger partial charge is 0.422 e. The maximum absolute atomic E-state index is 12.4. The van der Waals surface area contributed by atoms with Gasteiger partial charge in [0.2, 0.25) is 0 Å². The van der Waals surface area contributed by atoms with Crippen molar-refractivity contribution in [1.82, 2.24) is 0 Å². The second kappa shape index (κ2) is 6.77. The van der Waals surface area contributed by atoms with Crippen molar-refractivity contribution in [2.75, 3.05) is 11.9 Å². The molecule has 1 fully saturated rings. The molecule has 5 nitrogen and oxygen atoms in total. The molecule has 1 aliphatic carbocycles. The molecular weight excluding hydrogens is 335 g/mol. The Bertz CT molecular complexity index is 667. The number of ether oxygens (including phenoxy) is 1. The number of rotatable bonds is 4. The summed E-state index contributed by atoms with van der Waals surface area (Å²) in [6.07, 6.45) is -3.03. The summed E-state index contributed by atoms with van der Waals surface area (Å²) in [7, 11) is -3.50. The van der Waals surface area contributed by atoms with E-state index in [1.807, 2.05) is 0 Å². The van der Waals surface area contributed by atoms with Crippen LogP contribution in [-0.4, -0.2) is 32.5 Å². The Balaban J connectivity index is 2.06. The molecule has 1 N–H and O–H groups in total. The molecule has 0 heterocycles. The van der Waals surface area contributed by atoms with Gasteiger partial charge in [0, 0.05) is 5.69 Å². The van der Waals surface area contributed by atoms with E-state index < -0.39 is 34.0 Å². The number of sulfone groups is 1. The zero-order chi connectivity index (χ0) is 17.1. The number of carbonyl (C=O) groups excluding carboxylic acids is 1. The summed E-state index contributed by atoms with van der Waals surface area (Å²) in [5.74, 6) is 0. The SMILES string of the molecule is O=C(Nc1cccc(S(=O)(=O)C2CCCC2)c1)OCC(F)(F)F. The van der Waals surface area contributed by atoms with E-state index >= 15 is 0 Å². The van der Waals surface area contributed by atoms with Crippen molar-refractivity contribution in [2.24, 2.45) is 0 Å². The highest BCUT2D eigenvalue weighted by molar-refractivity contribution is 7.92. The van der Waals surface area contributed by atoms with Gasteiger partial charge in [0.25, 0.3) is 0 Å². The summed E-state index contributed by atoms with van der Waals surface area (Å²) in [5, 5.41) is 1.64. The first-order valence-electron chi connectivity index (χ1n) is 7.03. The van der Waals surface area contributed by atoms with Crippen LogP contribution in [-0.2, 0) is 14.6 Å². The Morgan fingerprint density at radius 1 is 1.26 bits per heavy atom. The first-order chi connectivity index (χ1) is 10.7. The van der Waals surface area contributed by atoms with Gasteiger partial charge < -0.3 is 4.74 Å². The molecule has 1 aromatic carbocycles. The van der Waals surface area contributed by atoms with E-state index in [9.17, 15) is 26.4 Å². The molecule has 0 spiro atoms. The van der Waals surface area contributed by atoms with Crippen molar-refractivity contribution in [2.45, 2.75) is 42.0 Å². The van der Waals surface area contributed by atoms with E-state index in [-0.39, 0.29) is 10.6 Å². The summed E-state index contributed by atoms with van der Waals surface area (Å²) >= 11 is 0. The molecule has 1 aliphatic rings. The fourth-order valence-corrected chi connectivity index (χ4v) is 4.34. The zero-order valence-corrected chi connectivity index (χ0v) is 12.9. The van der Waals surface area contributed by atoms with Crippen molar-refractivity contribution in [1.29, 1.82) is 0 Å². The summed E-state index contributed by atoms with van der Waals surface area (Å²) in [6, 6.07) is 5.42. The number of benzene rings is 1. The molecule has 23 heavy (non-hydrogen) atoms. The molecule has 0 radical (unpaired) electrons. The monoisotopic (exact) mass is 351 g/mol. The molecule has 0 bridgehead atoms. The molecule has 0 saturated heterocycles. The average molecular weight is 351 g/mol. The van der Waals surface area contributed by atoms with Crippen LogP contribution in [0.4, 0.5) is 23.7 Å². The lowest BCUT2D eigenvalue weighted by molar-refractivity contribution is -0.159. The van der Waals surface area contributed by atoms with Gasteiger partial charge in [-0.05, 0) is 31.0 Å². The number of hydrogen-bond donors (Lipinski definition) is 1. The number of halogens is 3. The molecule has 0 aliphatic heterocycles. The minimum atomic E-state index is -4.62. The van der Waals surface area contributed by atoms with E-state index in [1.165, 1.54) is 24.3 Å². The van der Waals surface area contributed by atoms with Gasteiger partial charge in [-0.25, -0.2) is 13.2 Å². The molecule has 0 atom stereocenters. The van der Waals surface area contributed by atoms with Crippen molar-refractivity contribution >= 4 is 21.6 Å². The van der Waals surface area contributed by atoms with E-state index in [0.29, 0.717) is 12.8 Å². The van der Waals surface area contributed by atoms with Crippen LogP contribution in [0, 0.1) is 0 Å². The Morgan fingerprint density at radius 3 is 2.52 bits per heavy atom. The van der Waals surface area contributed by atoms with Crippen molar-refractivity contribution in [3.8, 4) is 0 Å². The van der Waals surface area contributed by atoms with Crippen molar-refractivity contribution in [3.63, 3.8) is 0 Å². The second-order valence-electron chi connectivity index (χ2n) is 5.30. The van der Waals surface area contributed by atoms with Crippen LogP contribution in [0.2, 0.25) is 0 Å². The van der Waals surface area contributed by atoms with Crippen LogP contribution in [0.3, 0.4) is 0 Å². The second-order valence-corrected chi connectivity index (χ2v) is 7.52. The van der Waals surface area contributed by atoms with Gasteiger partial charge in [-0.2, -0.15) is 13.2 Å². The zero-order valence-electron chi connectivity index (χ0n) is 12.1. The van der Waals surface area contributed by atoms with Crippen LogP contribution < -0.4 is 5.32 Å². The number of nitrogens with one attached hydrogen (secondary N) is 1. The molecule has 1 saturated carbocycles. The first-order valence-corrected chi connectivity index (χ1v) is 8.57. The van der Waals surface area contributed by atoms with Gasteiger partial charge in [0.1, 0.15) is 0 Å². The molecule has 1 amide bonds. The maximum atomic E-state index is 12.4. The number of alkyl halides is 3. The first kappa shape index (κ1) is 17.6. The van der Waals surface area contributed by atoms with Crippen LogP contribution in [0.25, 0.3) is 0 Å². The van der Waals surface area contributed by atoms with Crippen LogP contribution in [0.1, 0.15) is 25.7 Å². The standard InChI is InChI=1S/C14H16F3NO4S/c15-14(16,17)9-22-13(19)18-10-4-3-7-12(8-10)23(20,21)11-5-1-2-6-11/h3-4,7-8,11H,1-2,5-6,9H2,(H,18,19). The lowest BCUT2D eigenvalue weighted by Crippen LogP contribution is -2.23. The number of carbonyl (C=O) groups is 1. The Hall–Kier alpha value is -1.77. The Morgan fingerprint density at radius 2 is 1.91 bits per heavy atom. The van der Waals surface area contributed by atoms with Gasteiger partial charge in [-0.15, -0.1) is 0 Å². The summed E-state index contributed by atoms with van der Waals surface area (Å²) in [6.45, 7) is -1.71. The van der Waals surface area contributed by atoms with Crippen molar-refractivity contribution in [3.05, 3.63) is 24.3 Å². The number of amides is 1. The number of anilines is 1.